The van der Waals surface area contributed by atoms with E-state index in [9.17, 15) is 0 Å². The molecule has 0 aliphatic rings. The summed E-state index contributed by atoms with van der Waals surface area (Å²) in [6.07, 6.45) is 4.23. The molecule has 0 fully saturated rings. The lowest BCUT2D eigenvalue weighted by atomic mass is 10.4. The van der Waals surface area contributed by atoms with Crippen molar-refractivity contribution >= 4 is 21.6 Å². The van der Waals surface area contributed by atoms with Gasteiger partial charge >= 0.3 is 0 Å². The van der Waals surface area contributed by atoms with E-state index in [1.807, 2.05) is 0 Å². The monoisotopic (exact) mass is 168 g/mol. The first-order valence-corrected chi connectivity index (χ1v) is 4.23. The summed E-state index contributed by atoms with van der Waals surface area (Å²) in [6, 6.07) is 0. The minimum absolute atomic E-state index is 0.660. The Morgan fingerprint density at radius 3 is 3.18 bits per heavy atom. The van der Waals surface area contributed by atoms with E-state index in [-0.39, 0.29) is 0 Å². The molecule has 2 aromatic rings. The summed E-state index contributed by atoms with van der Waals surface area (Å²) in [5, 5.41) is 1.09. The molecular weight excluding hydrogens is 160 g/mol. The summed E-state index contributed by atoms with van der Waals surface area (Å²) >= 11 is 1.64. The molecule has 4 heteroatoms. The lowest BCUT2D eigenvalue weighted by Crippen LogP contribution is -2.01. The molecule has 0 unspecified atom stereocenters. The Labute approximate surface area is 67.8 Å². The van der Waals surface area contributed by atoms with Crippen molar-refractivity contribution in [2.24, 2.45) is 5.73 Å². The van der Waals surface area contributed by atoms with Crippen molar-refractivity contribution in [1.29, 1.82) is 0 Å². The first kappa shape index (κ1) is 6.82. The van der Waals surface area contributed by atoms with Gasteiger partial charge in [-0.1, -0.05) is 0 Å². The zero-order valence-corrected chi connectivity index (χ0v) is 6.73. The van der Waals surface area contributed by atoms with Gasteiger partial charge in [0.25, 0.3) is 0 Å². The number of furan rings is 1. The van der Waals surface area contributed by atoms with Gasteiger partial charge < -0.3 is 10.2 Å². The van der Waals surface area contributed by atoms with Crippen LogP contribution in [0, 0.1) is 0 Å². The maximum absolute atomic E-state index is 5.39. The van der Waals surface area contributed by atoms with Gasteiger partial charge in [-0.3, -0.25) is 0 Å². The van der Waals surface area contributed by atoms with Gasteiger partial charge in [0.05, 0.1) is 9.71 Å². The summed E-state index contributed by atoms with van der Waals surface area (Å²) < 4.78 is 6.06. The van der Waals surface area contributed by atoms with Crippen LogP contribution in [-0.2, 0) is 6.42 Å². The van der Waals surface area contributed by atoms with E-state index in [4.69, 9.17) is 10.2 Å². The van der Waals surface area contributed by atoms with E-state index in [0.29, 0.717) is 6.54 Å². The summed E-state index contributed by atoms with van der Waals surface area (Å²) in [7, 11) is 0. The Morgan fingerprint density at radius 1 is 1.55 bits per heavy atom. The number of hydrogen-bond donors (Lipinski definition) is 1. The average Bonchev–Trinajstić information content (AvgIpc) is 2.46. The molecule has 2 N–H and O–H groups in total. The Morgan fingerprint density at radius 2 is 2.45 bits per heavy atom. The van der Waals surface area contributed by atoms with Crippen molar-refractivity contribution in [2.75, 3.05) is 6.54 Å². The second-order valence-corrected chi connectivity index (χ2v) is 3.38. The largest absolute Gasteiger partial charge is 0.469 e. The Hall–Kier alpha value is -0.870. The molecule has 0 atom stereocenters. The molecule has 0 amide bonds. The molecule has 0 bridgehead atoms. The van der Waals surface area contributed by atoms with Crippen molar-refractivity contribution in [3.8, 4) is 0 Å². The van der Waals surface area contributed by atoms with E-state index in [2.05, 4.69) is 4.98 Å². The van der Waals surface area contributed by atoms with Crippen LogP contribution >= 0.6 is 11.3 Å². The third kappa shape index (κ3) is 1.15. The highest BCUT2D eigenvalue weighted by molar-refractivity contribution is 7.18. The van der Waals surface area contributed by atoms with Crippen LogP contribution in [0.3, 0.4) is 0 Å². The van der Waals surface area contributed by atoms with Crippen molar-refractivity contribution in [3.63, 3.8) is 0 Å². The molecule has 3 nitrogen and oxygen atoms in total. The van der Waals surface area contributed by atoms with E-state index in [0.717, 1.165) is 21.6 Å². The molecule has 0 aromatic carbocycles. The standard InChI is InChI=1S/C7H8N2OS/c8-2-1-7-9-5-3-10-4-6(5)11-7/h3-4H,1-2,8H2. The van der Waals surface area contributed by atoms with Crippen LogP contribution in [0.15, 0.2) is 16.9 Å². The number of nitrogens with zero attached hydrogens (tertiary/aromatic N) is 1. The van der Waals surface area contributed by atoms with Gasteiger partial charge in [0.2, 0.25) is 0 Å². The van der Waals surface area contributed by atoms with Crippen molar-refractivity contribution in [2.45, 2.75) is 6.42 Å². The van der Waals surface area contributed by atoms with E-state index >= 15 is 0 Å². The summed E-state index contributed by atoms with van der Waals surface area (Å²) in [5.74, 6) is 0. The lowest BCUT2D eigenvalue weighted by Gasteiger charge is -1.85. The summed E-state index contributed by atoms with van der Waals surface area (Å²) in [5.41, 5.74) is 6.34. The SMILES string of the molecule is NCCc1nc2cocc2s1. The Kier molecular flexibility index (Phi) is 1.63. The molecule has 2 rings (SSSR count). The normalized spacial score (nSPS) is 11.0. The molecule has 0 saturated carbocycles. The summed E-state index contributed by atoms with van der Waals surface area (Å²) in [4.78, 5) is 4.31. The van der Waals surface area contributed by atoms with Crippen LogP contribution in [0.2, 0.25) is 0 Å². The Bertz CT molecular complexity index is 323. The number of thiazole rings is 1. The smallest absolute Gasteiger partial charge is 0.120 e. The first-order chi connectivity index (χ1) is 5.40. The predicted octanol–water partition coefficient (Wildman–Crippen LogP) is 1.39. The highest BCUT2D eigenvalue weighted by Gasteiger charge is 2.03. The molecular formula is C7H8N2OS. The lowest BCUT2D eigenvalue weighted by molar-refractivity contribution is 0.572. The second-order valence-electron chi connectivity index (χ2n) is 2.27. The van der Waals surface area contributed by atoms with Gasteiger partial charge in [0, 0.05) is 6.42 Å². The quantitative estimate of drug-likeness (QED) is 0.737. The van der Waals surface area contributed by atoms with Gasteiger partial charge in [-0.05, 0) is 6.54 Å². The van der Waals surface area contributed by atoms with Crippen LogP contribution in [0.4, 0.5) is 0 Å². The number of fused-ring (bicyclic) bond motifs is 1. The van der Waals surface area contributed by atoms with Crippen LogP contribution in [-0.4, -0.2) is 11.5 Å². The topological polar surface area (TPSA) is 52.0 Å². The van der Waals surface area contributed by atoms with E-state index in [1.165, 1.54) is 0 Å². The van der Waals surface area contributed by atoms with Crippen LogP contribution < -0.4 is 5.73 Å². The molecule has 2 heterocycles. The van der Waals surface area contributed by atoms with Gasteiger partial charge in [-0.15, -0.1) is 11.3 Å². The minimum atomic E-state index is 0.660. The number of hydrogen-bond acceptors (Lipinski definition) is 4. The van der Waals surface area contributed by atoms with Gasteiger partial charge in [-0.25, -0.2) is 4.98 Å². The number of nitrogens with two attached hydrogens (primary N) is 1. The molecule has 0 aliphatic carbocycles. The van der Waals surface area contributed by atoms with Crippen molar-refractivity contribution < 1.29 is 4.42 Å². The zero-order chi connectivity index (χ0) is 7.68. The fourth-order valence-electron chi connectivity index (χ4n) is 0.951. The fraction of sp³-hybridized carbons (Fsp3) is 0.286. The molecule has 0 radical (unpaired) electrons. The zero-order valence-electron chi connectivity index (χ0n) is 5.91. The maximum Gasteiger partial charge on any atom is 0.120 e. The third-order valence-electron chi connectivity index (χ3n) is 1.44. The van der Waals surface area contributed by atoms with Crippen LogP contribution in [0.25, 0.3) is 10.2 Å². The van der Waals surface area contributed by atoms with E-state index in [1.54, 1.807) is 23.9 Å². The van der Waals surface area contributed by atoms with Crippen LogP contribution in [0.5, 0.6) is 0 Å². The number of aromatic nitrogens is 1. The molecule has 2 aromatic heterocycles. The third-order valence-corrected chi connectivity index (χ3v) is 2.49. The molecule has 0 saturated heterocycles. The molecule has 0 spiro atoms. The number of rotatable bonds is 2. The van der Waals surface area contributed by atoms with Gasteiger partial charge in [0.15, 0.2) is 0 Å². The minimum Gasteiger partial charge on any atom is -0.469 e. The van der Waals surface area contributed by atoms with Crippen molar-refractivity contribution in [1.82, 2.24) is 4.98 Å². The van der Waals surface area contributed by atoms with Gasteiger partial charge in [0.1, 0.15) is 18.0 Å². The Balaban J connectivity index is 2.42. The first-order valence-electron chi connectivity index (χ1n) is 3.42. The fourth-order valence-corrected chi connectivity index (χ4v) is 1.87. The molecule has 11 heavy (non-hydrogen) atoms. The van der Waals surface area contributed by atoms with Crippen molar-refractivity contribution in [3.05, 3.63) is 17.5 Å². The average molecular weight is 168 g/mol. The van der Waals surface area contributed by atoms with Gasteiger partial charge in [-0.2, -0.15) is 0 Å². The molecule has 0 aliphatic heterocycles. The summed E-state index contributed by atoms with van der Waals surface area (Å²) in [6.45, 7) is 0.660. The maximum atomic E-state index is 5.39. The van der Waals surface area contributed by atoms with Crippen LogP contribution in [0.1, 0.15) is 5.01 Å². The highest BCUT2D eigenvalue weighted by atomic mass is 32.1. The second kappa shape index (κ2) is 2.64. The highest BCUT2D eigenvalue weighted by Crippen LogP contribution is 2.22. The van der Waals surface area contributed by atoms with E-state index < -0.39 is 0 Å². The molecule has 58 valence electrons. The predicted molar refractivity (Wildman–Crippen MR) is 44.6 cm³/mol.